The molecular formula is C13H17NO2. The van der Waals surface area contributed by atoms with Gasteiger partial charge in [0.1, 0.15) is 6.10 Å². The third kappa shape index (κ3) is 2.61. The van der Waals surface area contributed by atoms with E-state index in [1.165, 1.54) is 0 Å². The molecule has 0 saturated heterocycles. The molecule has 2 N–H and O–H groups in total. The van der Waals surface area contributed by atoms with E-state index in [1.807, 2.05) is 18.2 Å². The second-order valence-corrected chi connectivity index (χ2v) is 4.26. The monoisotopic (exact) mass is 219 g/mol. The van der Waals surface area contributed by atoms with Crippen molar-refractivity contribution in [3.05, 3.63) is 35.9 Å². The van der Waals surface area contributed by atoms with Crippen molar-refractivity contribution in [2.75, 3.05) is 0 Å². The quantitative estimate of drug-likeness (QED) is 0.775. The van der Waals surface area contributed by atoms with E-state index in [4.69, 9.17) is 10.5 Å². The van der Waals surface area contributed by atoms with Crippen molar-refractivity contribution < 1.29 is 9.53 Å². The maximum Gasteiger partial charge on any atom is 0.338 e. The molecule has 1 fully saturated rings. The van der Waals surface area contributed by atoms with Gasteiger partial charge >= 0.3 is 5.97 Å². The second-order valence-electron chi connectivity index (χ2n) is 4.26. The van der Waals surface area contributed by atoms with Gasteiger partial charge in [-0.15, -0.1) is 0 Å². The minimum atomic E-state index is -0.261. The number of esters is 1. The highest BCUT2D eigenvalue weighted by Crippen LogP contribution is 2.20. The summed E-state index contributed by atoms with van der Waals surface area (Å²) < 4.78 is 5.43. The van der Waals surface area contributed by atoms with Gasteiger partial charge in [-0.05, 0) is 31.4 Å². The molecule has 0 aromatic heterocycles. The van der Waals surface area contributed by atoms with Crippen LogP contribution in [0.2, 0.25) is 0 Å². The third-order valence-electron chi connectivity index (χ3n) is 3.02. The highest BCUT2D eigenvalue weighted by molar-refractivity contribution is 5.89. The van der Waals surface area contributed by atoms with E-state index < -0.39 is 0 Å². The van der Waals surface area contributed by atoms with Crippen LogP contribution in [0.5, 0.6) is 0 Å². The van der Waals surface area contributed by atoms with Gasteiger partial charge in [0.2, 0.25) is 0 Å². The summed E-state index contributed by atoms with van der Waals surface area (Å²) in [6, 6.07) is 9.06. The van der Waals surface area contributed by atoms with Crippen LogP contribution in [-0.2, 0) is 4.74 Å². The number of nitrogens with two attached hydrogens (primary N) is 1. The topological polar surface area (TPSA) is 52.3 Å². The Kier molecular flexibility index (Phi) is 3.57. The summed E-state index contributed by atoms with van der Waals surface area (Å²) in [6.45, 7) is 0. The van der Waals surface area contributed by atoms with Gasteiger partial charge < -0.3 is 10.5 Å². The molecule has 1 aliphatic rings. The molecule has 3 nitrogen and oxygen atoms in total. The van der Waals surface area contributed by atoms with Crippen molar-refractivity contribution in [3.8, 4) is 0 Å². The molecule has 3 heteroatoms. The van der Waals surface area contributed by atoms with Gasteiger partial charge in [-0.2, -0.15) is 0 Å². The lowest BCUT2D eigenvalue weighted by molar-refractivity contribution is 0.0151. The molecule has 0 radical (unpaired) electrons. The zero-order valence-corrected chi connectivity index (χ0v) is 9.26. The molecule has 0 unspecified atom stereocenters. The number of carbonyl (C=O) groups excluding carboxylic acids is 1. The lowest BCUT2D eigenvalue weighted by Gasteiger charge is -2.28. The predicted molar refractivity (Wildman–Crippen MR) is 62.1 cm³/mol. The van der Waals surface area contributed by atoms with Gasteiger partial charge in [0.05, 0.1) is 5.56 Å². The fourth-order valence-corrected chi connectivity index (χ4v) is 2.05. The van der Waals surface area contributed by atoms with E-state index in [0.29, 0.717) is 5.56 Å². The van der Waals surface area contributed by atoms with Crippen LogP contribution in [0.4, 0.5) is 0 Å². The van der Waals surface area contributed by atoms with Gasteiger partial charge in [0.25, 0.3) is 0 Å². The van der Waals surface area contributed by atoms with Crippen molar-refractivity contribution in [1.82, 2.24) is 0 Å². The summed E-state index contributed by atoms with van der Waals surface area (Å²) in [6.07, 6.45) is 3.97. The van der Waals surface area contributed by atoms with Crippen molar-refractivity contribution in [2.24, 2.45) is 5.73 Å². The summed E-state index contributed by atoms with van der Waals surface area (Å²) in [4.78, 5) is 11.8. The standard InChI is InChI=1S/C13H17NO2/c14-11-8-4-5-9-12(11)16-13(15)10-6-2-1-3-7-10/h1-3,6-7,11-12H,4-5,8-9,14H2/t11-,12-/m1/s1. The summed E-state index contributed by atoms with van der Waals surface area (Å²) in [5.74, 6) is -0.261. The van der Waals surface area contributed by atoms with Crippen LogP contribution in [0.3, 0.4) is 0 Å². The first-order chi connectivity index (χ1) is 7.77. The van der Waals surface area contributed by atoms with Crippen molar-refractivity contribution in [3.63, 3.8) is 0 Å². The molecule has 16 heavy (non-hydrogen) atoms. The Bertz CT molecular complexity index is 350. The number of hydrogen-bond donors (Lipinski definition) is 1. The molecule has 0 heterocycles. The number of carbonyl (C=O) groups is 1. The first-order valence-electron chi connectivity index (χ1n) is 5.79. The van der Waals surface area contributed by atoms with Crippen LogP contribution >= 0.6 is 0 Å². The summed E-state index contributed by atoms with van der Waals surface area (Å²) in [5, 5.41) is 0. The molecule has 1 aromatic rings. The Hall–Kier alpha value is -1.35. The smallest absolute Gasteiger partial charge is 0.338 e. The van der Waals surface area contributed by atoms with Crippen molar-refractivity contribution in [2.45, 2.75) is 37.8 Å². The highest BCUT2D eigenvalue weighted by atomic mass is 16.5. The van der Waals surface area contributed by atoms with Crippen LogP contribution in [0.15, 0.2) is 30.3 Å². The molecular weight excluding hydrogens is 202 g/mol. The zero-order chi connectivity index (χ0) is 11.4. The van der Waals surface area contributed by atoms with Crippen molar-refractivity contribution in [1.29, 1.82) is 0 Å². The Morgan fingerprint density at radius 3 is 2.56 bits per heavy atom. The Balaban J connectivity index is 1.96. The fraction of sp³-hybridized carbons (Fsp3) is 0.462. The number of hydrogen-bond acceptors (Lipinski definition) is 3. The van der Waals surface area contributed by atoms with Crippen LogP contribution < -0.4 is 5.73 Å². The number of ether oxygens (including phenoxy) is 1. The molecule has 86 valence electrons. The van der Waals surface area contributed by atoms with Crippen molar-refractivity contribution >= 4 is 5.97 Å². The minimum Gasteiger partial charge on any atom is -0.457 e. The third-order valence-corrected chi connectivity index (χ3v) is 3.02. The average Bonchev–Trinajstić information content (AvgIpc) is 2.33. The summed E-state index contributed by atoms with van der Waals surface area (Å²) >= 11 is 0. The predicted octanol–water partition coefficient (Wildman–Crippen LogP) is 2.11. The molecule has 1 saturated carbocycles. The van der Waals surface area contributed by atoms with Gasteiger partial charge in [-0.1, -0.05) is 24.6 Å². The largest absolute Gasteiger partial charge is 0.457 e. The van der Waals surface area contributed by atoms with Crippen LogP contribution in [0.1, 0.15) is 36.0 Å². The molecule has 2 rings (SSSR count). The zero-order valence-electron chi connectivity index (χ0n) is 9.26. The minimum absolute atomic E-state index is 0.00131. The Morgan fingerprint density at radius 2 is 1.88 bits per heavy atom. The van der Waals surface area contributed by atoms with Gasteiger partial charge in [0.15, 0.2) is 0 Å². The van der Waals surface area contributed by atoms with E-state index in [0.717, 1.165) is 25.7 Å². The molecule has 0 bridgehead atoms. The first kappa shape index (κ1) is 11.1. The van der Waals surface area contributed by atoms with Crippen LogP contribution in [0, 0.1) is 0 Å². The molecule has 1 aliphatic carbocycles. The molecule has 0 spiro atoms. The summed E-state index contributed by atoms with van der Waals surface area (Å²) in [7, 11) is 0. The maximum atomic E-state index is 11.8. The van der Waals surface area contributed by atoms with E-state index in [-0.39, 0.29) is 18.1 Å². The Labute approximate surface area is 95.6 Å². The first-order valence-corrected chi connectivity index (χ1v) is 5.79. The van der Waals surface area contributed by atoms with E-state index >= 15 is 0 Å². The fourth-order valence-electron chi connectivity index (χ4n) is 2.05. The van der Waals surface area contributed by atoms with Gasteiger partial charge in [0, 0.05) is 6.04 Å². The lowest BCUT2D eigenvalue weighted by Crippen LogP contribution is -2.40. The second kappa shape index (κ2) is 5.12. The SMILES string of the molecule is N[C@@H]1CCCC[C@H]1OC(=O)c1ccccc1. The number of benzene rings is 1. The molecule has 1 aromatic carbocycles. The van der Waals surface area contributed by atoms with E-state index in [2.05, 4.69) is 0 Å². The molecule has 0 aliphatic heterocycles. The average molecular weight is 219 g/mol. The van der Waals surface area contributed by atoms with Gasteiger partial charge in [-0.25, -0.2) is 4.79 Å². The molecule has 2 atom stereocenters. The maximum absolute atomic E-state index is 11.8. The van der Waals surface area contributed by atoms with E-state index in [1.54, 1.807) is 12.1 Å². The van der Waals surface area contributed by atoms with Crippen LogP contribution in [0.25, 0.3) is 0 Å². The highest BCUT2D eigenvalue weighted by Gasteiger charge is 2.25. The summed E-state index contributed by atoms with van der Waals surface area (Å²) in [5.41, 5.74) is 6.53. The Morgan fingerprint density at radius 1 is 1.19 bits per heavy atom. The van der Waals surface area contributed by atoms with E-state index in [9.17, 15) is 4.79 Å². The normalized spacial score (nSPS) is 25.1. The molecule has 0 amide bonds. The van der Waals surface area contributed by atoms with Crippen LogP contribution in [-0.4, -0.2) is 18.1 Å². The lowest BCUT2D eigenvalue weighted by atomic mass is 9.93. The van der Waals surface area contributed by atoms with Gasteiger partial charge in [-0.3, -0.25) is 0 Å². The number of rotatable bonds is 2.